The van der Waals surface area contributed by atoms with Gasteiger partial charge in [0.1, 0.15) is 0 Å². The Bertz CT molecular complexity index is 253. The number of carboxylic acid groups (broad SMARTS) is 1. The number of aliphatic carboxylic acids is 1. The summed E-state index contributed by atoms with van der Waals surface area (Å²) in [5.41, 5.74) is 4.94. The van der Waals surface area contributed by atoms with Crippen molar-refractivity contribution in [2.45, 2.75) is 6.92 Å². The number of hydrogen-bond donors (Lipinski definition) is 1. The molecule has 0 fully saturated rings. The Labute approximate surface area is 93.3 Å². The monoisotopic (exact) mass is 290 g/mol. The summed E-state index contributed by atoms with van der Waals surface area (Å²) in [5.74, 6) is -2.65. The first-order chi connectivity index (χ1) is 5.91. The molecule has 8 heteroatoms. The van der Waals surface area contributed by atoms with Crippen molar-refractivity contribution in [3.63, 3.8) is 0 Å². The number of anilines is 1. The number of nitrogens with two attached hydrogens (primary N) is 1. The van der Waals surface area contributed by atoms with Gasteiger partial charge in [0.05, 0.1) is 0 Å². The fourth-order valence-corrected chi connectivity index (χ4v) is 0.421. The molecule has 7 nitrogen and oxygen atoms in total. The molecule has 0 unspecified atom stereocenters. The molecule has 1 aromatic heterocycles. The Morgan fingerprint density at radius 3 is 1.86 bits per heavy atom. The van der Waals surface area contributed by atoms with E-state index in [-0.39, 0.29) is 26.4 Å². The summed E-state index contributed by atoms with van der Waals surface area (Å²) in [7, 11) is 0. The summed E-state index contributed by atoms with van der Waals surface area (Å²) < 4.78 is 0. The van der Waals surface area contributed by atoms with Crippen LogP contribution in [0, 0.1) is 0 Å². The predicted molar refractivity (Wildman–Crippen MR) is 36.0 cm³/mol. The van der Waals surface area contributed by atoms with Gasteiger partial charge in [-0.15, -0.1) is 0 Å². The van der Waals surface area contributed by atoms with E-state index in [0.717, 1.165) is 13.0 Å². The standard InChI is InChI=1S/C4H5N3O2.C2H4O2.Pd/c5-4-6-2(8)1-3(9)7-4;1-2(3)4;/h1H,(H4,5,6,7,8,9);1H3,(H,3,4);/q;;+3/p-3. The van der Waals surface area contributed by atoms with Crippen molar-refractivity contribution in [2.24, 2.45) is 0 Å². The zero-order chi connectivity index (χ0) is 10.4. The molecule has 0 aliphatic carbocycles. The van der Waals surface area contributed by atoms with Crippen molar-refractivity contribution in [3.8, 4) is 11.8 Å². The molecule has 0 amide bonds. The second-order valence-electron chi connectivity index (χ2n) is 1.89. The van der Waals surface area contributed by atoms with E-state index in [0.29, 0.717) is 0 Å². The van der Waals surface area contributed by atoms with E-state index in [4.69, 9.17) is 15.6 Å². The predicted octanol–water partition coefficient (Wildman–Crippen LogP) is -3.04. The number of aromatic nitrogens is 2. The number of hydrogen-bond acceptors (Lipinski definition) is 7. The average Bonchev–Trinajstić information content (AvgIpc) is 1.80. The minimum Gasteiger partial charge on any atom is -0.858 e. The maximum absolute atomic E-state index is 10.3. The zero-order valence-electron chi connectivity index (χ0n) is 7.00. The largest absolute Gasteiger partial charge is 3.00 e. The van der Waals surface area contributed by atoms with Gasteiger partial charge < -0.3 is 25.8 Å². The van der Waals surface area contributed by atoms with Crippen LogP contribution < -0.4 is 21.1 Å². The van der Waals surface area contributed by atoms with Crippen LogP contribution in [-0.2, 0) is 25.2 Å². The van der Waals surface area contributed by atoms with Crippen molar-refractivity contribution in [1.82, 2.24) is 9.97 Å². The van der Waals surface area contributed by atoms with Gasteiger partial charge in [-0.1, -0.05) is 0 Å². The van der Waals surface area contributed by atoms with Gasteiger partial charge in [0, 0.05) is 5.97 Å². The molecule has 14 heavy (non-hydrogen) atoms. The fraction of sp³-hybridized carbons (Fsp3) is 0.167. The third-order valence-corrected chi connectivity index (χ3v) is 0.696. The Morgan fingerprint density at radius 1 is 1.36 bits per heavy atom. The molecule has 0 saturated carbocycles. The Hall–Kier alpha value is -1.39. The normalized spacial score (nSPS) is 7.79. The van der Waals surface area contributed by atoms with Crippen LogP contribution in [0.2, 0.25) is 0 Å². The SMILES string of the molecule is CC(=O)[O-].Nc1nc([O-])cc([O-])n1.[Pd+3]. The second-order valence-corrected chi connectivity index (χ2v) is 1.89. The van der Waals surface area contributed by atoms with Crippen LogP contribution >= 0.6 is 0 Å². The van der Waals surface area contributed by atoms with E-state index in [2.05, 4.69) is 9.97 Å². The van der Waals surface area contributed by atoms with Gasteiger partial charge in [-0.25, -0.2) is 9.97 Å². The summed E-state index contributed by atoms with van der Waals surface area (Å²) >= 11 is 0. The van der Waals surface area contributed by atoms with Gasteiger partial charge in [0.25, 0.3) is 0 Å². The molecule has 0 spiro atoms. The molecular weight excluding hydrogens is 285 g/mol. The van der Waals surface area contributed by atoms with Crippen LogP contribution in [0.15, 0.2) is 6.07 Å². The first-order valence-corrected chi connectivity index (χ1v) is 3.08. The fourth-order valence-electron chi connectivity index (χ4n) is 0.421. The maximum Gasteiger partial charge on any atom is 3.00 e. The first-order valence-electron chi connectivity index (χ1n) is 3.08. The third-order valence-electron chi connectivity index (χ3n) is 0.696. The van der Waals surface area contributed by atoms with Gasteiger partial charge in [0.2, 0.25) is 5.95 Å². The summed E-state index contributed by atoms with van der Waals surface area (Å²) in [6.45, 7) is 0.972. The molecule has 2 N–H and O–H groups in total. The van der Waals surface area contributed by atoms with Crippen LogP contribution in [0.4, 0.5) is 5.95 Å². The van der Waals surface area contributed by atoms with E-state index >= 15 is 0 Å². The molecule has 1 rings (SSSR count). The van der Waals surface area contributed by atoms with Gasteiger partial charge in [-0.05, 0) is 24.8 Å². The van der Waals surface area contributed by atoms with Gasteiger partial charge in [0.15, 0.2) is 0 Å². The number of nitrogen functional groups attached to an aromatic ring is 1. The van der Waals surface area contributed by atoms with Crippen molar-refractivity contribution in [3.05, 3.63) is 6.07 Å². The molecule has 1 radical (unpaired) electrons. The summed E-state index contributed by atoms with van der Waals surface area (Å²) in [5, 5.41) is 29.4. The minimum atomic E-state index is -1.08. The third kappa shape index (κ3) is 8.71. The number of carboxylic acids is 1. The Kier molecular flexibility index (Phi) is 7.61. The summed E-state index contributed by atoms with van der Waals surface area (Å²) in [6, 6.07) is 0.774. The molecule has 1 heterocycles. The van der Waals surface area contributed by atoms with Crippen LogP contribution in [0.3, 0.4) is 0 Å². The Balaban J connectivity index is 0. The molecule has 1 aromatic rings. The zero-order valence-corrected chi connectivity index (χ0v) is 8.55. The topological polar surface area (TPSA) is 138 Å². The average molecular weight is 291 g/mol. The smallest absolute Gasteiger partial charge is 0.858 e. The molecule has 0 aromatic carbocycles. The number of nitrogens with zero attached hydrogens (tertiary/aromatic N) is 2. The molecular formula is C6H6N3O4Pd. The molecule has 0 saturated heterocycles. The van der Waals surface area contributed by atoms with Gasteiger partial charge >= 0.3 is 20.4 Å². The van der Waals surface area contributed by atoms with E-state index in [9.17, 15) is 10.2 Å². The van der Waals surface area contributed by atoms with Crippen molar-refractivity contribution in [2.75, 3.05) is 5.73 Å². The van der Waals surface area contributed by atoms with Crippen molar-refractivity contribution in [1.29, 1.82) is 0 Å². The first kappa shape index (κ1) is 15.1. The molecule has 0 aliphatic rings. The molecule has 0 bridgehead atoms. The molecule has 0 aliphatic heterocycles. The quantitative estimate of drug-likeness (QED) is 0.501. The van der Waals surface area contributed by atoms with Crippen LogP contribution in [-0.4, -0.2) is 15.9 Å². The Morgan fingerprint density at radius 2 is 1.64 bits per heavy atom. The van der Waals surface area contributed by atoms with E-state index < -0.39 is 17.7 Å². The second kappa shape index (κ2) is 7.06. The minimum absolute atomic E-state index is 0. The summed E-state index contributed by atoms with van der Waals surface area (Å²) in [6.07, 6.45) is 0. The maximum atomic E-state index is 10.3. The van der Waals surface area contributed by atoms with Crippen LogP contribution in [0.5, 0.6) is 11.8 Å². The number of carbonyl (C=O) groups excluding carboxylic acids is 1. The molecule has 79 valence electrons. The van der Waals surface area contributed by atoms with Gasteiger partial charge in [-0.2, -0.15) is 0 Å². The summed E-state index contributed by atoms with van der Waals surface area (Å²) in [4.78, 5) is 15.2. The van der Waals surface area contributed by atoms with Crippen LogP contribution in [0.25, 0.3) is 0 Å². The van der Waals surface area contributed by atoms with E-state index in [1.807, 2.05) is 0 Å². The van der Waals surface area contributed by atoms with Crippen LogP contribution in [0.1, 0.15) is 6.92 Å². The number of rotatable bonds is 0. The number of carbonyl (C=O) groups is 1. The van der Waals surface area contributed by atoms with Crippen molar-refractivity contribution < 1.29 is 40.5 Å². The van der Waals surface area contributed by atoms with E-state index in [1.54, 1.807) is 0 Å². The van der Waals surface area contributed by atoms with Crippen molar-refractivity contribution >= 4 is 11.9 Å². The molecule has 0 atom stereocenters. The van der Waals surface area contributed by atoms with Gasteiger partial charge in [-0.3, -0.25) is 0 Å². The van der Waals surface area contributed by atoms with E-state index in [1.165, 1.54) is 0 Å².